The lowest BCUT2D eigenvalue weighted by Gasteiger charge is -2.10. The van der Waals surface area contributed by atoms with Gasteiger partial charge in [0, 0.05) is 56.3 Å². The third kappa shape index (κ3) is 11.9. The molecule has 364 valence electrons. The zero-order valence-corrected chi connectivity index (χ0v) is 42.4. The number of carbonyl (C=O) groups excluding carboxylic acids is 2. The van der Waals surface area contributed by atoms with Crippen LogP contribution in [0.3, 0.4) is 0 Å². The molecule has 0 aliphatic carbocycles. The zero-order chi connectivity index (χ0) is 48.7. The average Bonchev–Trinajstić information content (AvgIpc) is 4.11. The van der Waals surface area contributed by atoms with Gasteiger partial charge < -0.3 is 24.1 Å². The largest absolute Gasteiger partial charge is 0.486 e. The Hall–Kier alpha value is -6.82. The fourth-order valence-electron chi connectivity index (χ4n) is 8.51. The van der Waals surface area contributed by atoms with Gasteiger partial charge in [0.25, 0.3) is 0 Å². The molecule has 0 saturated carbocycles. The minimum Gasteiger partial charge on any atom is -0.486 e. The number of thiazole rings is 2. The van der Waals surface area contributed by atoms with Crippen molar-refractivity contribution < 1.29 is 34.2 Å². The molecule has 71 heavy (non-hydrogen) atoms. The van der Waals surface area contributed by atoms with Crippen molar-refractivity contribution in [3.8, 4) is 11.5 Å². The van der Waals surface area contributed by atoms with Crippen LogP contribution >= 0.6 is 45.9 Å². The first kappa shape index (κ1) is 50.6. The molecule has 0 unspecified atom stereocenters. The Morgan fingerprint density at radius 2 is 0.958 bits per heavy atom. The van der Waals surface area contributed by atoms with E-state index < -0.39 is 0 Å². The lowest BCUT2D eigenvalue weighted by molar-refractivity contribution is -0.131. The number of hydrogen-bond donors (Lipinski definition) is 2. The summed E-state index contributed by atoms with van der Waals surface area (Å²) in [6, 6.07) is 43.8. The van der Waals surface area contributed by atoms with Crippen LogP contribution in [0.2, 0.25) is 10.0 Å². The van der Waals surface area contributed by atoms with Gasteiger partial charge in [0.2, 0.25) is 11.8 Å². The van der Waals surface area contributed by atoms with Gasteiger partial charge in [-0.15, -0.1) is 22.7 Å². The maximum atomic E-state index is 12.4. The van der Waals surface area contributed by atoms with Crippen LogP contribution in [0.25, 0.3) is 42.2 Å². The van der Waals surface area contributed by atoms with E-state index in [1.54, 1.807) is 22.7 Å². The topological polar surface area (TPSA) is 162 Å². The highest BCUT2D eigenvalue weighted by molar-refractivity contribution is 7.18. The first-order chi connectivity index (χ1) is 34.0. The highest BCUT2D eigenvalue weighted by Crippen LogP contribution is 2.34. The van der Waals surface area contributed by atoms with Crippen LogP contribution in [0, 0.1) is 13.8 Å². The highest BCUT2D eigenvalue weighted by atomic mass is 35.5. The summed E-state index contributed by atoms with van der Waals surface area (Å²) in [6.45, 7) is 6.16. The number of aromatic nitrogens is 4. The summed E-state index contributed by atoms with van der Waals surface area (Å²) >= 11 is 15.4. The Bertz CT molecular complexity index is 3180. The van der Waals surface area contributed by atoms with Gasteiger partial charge in [-0.05, 0) is 121 Å². The second kappa shape index (κ2) is 22.9. The molecule has 0 spiro atoms. The SMILES string of the molecule is CONC(=O)Cc1c(C)n(Cc2ccc(Cl)cc2)c2ccc(OCc3nc4ccccc4s3)cc12.CONC(=O)Cc1c(C)n(Cc2ccc(Cl)cc2)c2ccc(OCc3nc4ccccc4s3)cc12.O. The Kier molecular flexibility index (Phi) is 16.3. The maximum Gasteiger partial charge on any atom is 0.248 e. The third-order valence-corrected chi connectivity index (χ3v) is 14.4. The molecule has 0 aliphatic rings. The molecule has 4 aromatic heterocycles. The molecule has 17 heteroatoms. The van der Waals surface area contributed by atoms with Crippen molar-refractivity contribution in [1.82, 2.24) is 30.1 Å². The summed E-state index contributed by atoms with van der Waals surface area (Å²) in [6.07, 6.45) is 0.399. The van der Waals surface area contributed by atoms with Gasteiger partial charge in [0.05, 0.1) is 47.5 Å². The predicted molar refractivity (Wildman–Crippen MR) is 284 cm³/mol. The standard InChI is InChI=1S/2C27H24ClN3O3S.H2O/c2*1-17-21(14-26(32)30-33-2)22-13-20(34-16-27-29-23-5-3-4-6-25(23)35-27)11-12-24(22)31(17)15-18-7-9-19(28)10-8-18;/h2*3-13H,14-16H2,1-2H3,(H,30,32);1H2. The van der Waals surface area contributed by atoms with Crippen LogP contribution in [0.1, 0.15) is 43.7 Å². The number of fused-ring (bicyclic) bond motifs is 4. The van der Waals surface area contributed by atoms with E-state index in [4.69, 9.17) is 42.4 Å². The van der Waals surface area contributed by atoms with E-state index in [2.05, 4.69) is 42.2 Å². The number of hydroxylamine groups is 2. The second-order valence-corrected chi connectivity index (χ2v) is 19.6. The van der Waals surface area contributed by atoms with Gasteiger partial charge in [-0.25, -0.2) is 20.9 Å². The van der Waals surface area contributed by atoms with Crippen molar-refractivity contribution in [3.05, 3.63) is 187 Å². The smallest absolute Gasteiger partial charge is 0.248 e. The van der Waals surface area contributed by atoms with Gasteiger partial charge in [0.1, 0.15) is 34.7 Å². The monoisotopic (exact) mass is 1030 g/mol. The minimum atomic E-state index is -0.207. The molecule has 0 aliphatic heterocycles. The summed E-state index contributed by atoms with van der Waals surface area (Å²) in [4.78, 5) is 43.8. The van der Waals surface area contributed by atoms with Crippen LogP contribution < -0.4 is 20.4 Å². The van der Waals surface area contributed by atoms with Crippen molar-refractivity contribution in [1.29, 1.82) is 0 Å². The summed E-state index contributed by atoms with van der Waals surface area (Å²) < 4.78 is 18.9. The number of nitrogens with zero attached hydrogens (tertiary/aromatic N) is 4. The zero-order valence-electron chi connectivity index (χ0n) is 39.3. The normalized spacial score (nSPS) is 11.1. The molecule has 6 aromatic carbocycles. The first-order valence-electron chi connectivity index (χ1n) is 22.3. The van der Waals surface area contributed by atoms with E-state index in [-0.39, 0.29) is 30.1 Å². The van der Waals surface area contributed by atoms with Gasteiger partial charge in [-0.3, -0.25) is 19.3 Å². The highest BCUT2D eigenvalue weighted by Gasteiger charge is 2.20. The molecule has 0 radical (unpaired) electrons. The number of amides is 2. The van der Waals surface area contributed by atoms with Gasteiger partial charge in [-0.2, -0.15) is 0 Å². The van der Waals surface area contributed by atoms with Crippen molar-refractivity contribution >= 4 is 99.9 Å². The van der Waals surface area contributed by atoms with Crippen LogP contribution in [-0.2, 0) is 58.4 Å². The molecular weight excluding hydrogens is 980 g/mol. The fourth-order valence-corrected chi connectivity index (χ4v) is 10.5. The number of nitrogens with one attached hydrogen (secondary N) is 2. The summed E-state index contributed by atoms with van der Waals surface area (Å²) in [5, 5.41) is 5.20. The lowest BCUT2D eigenvalue weighted by Crippen LogP contribution is -2.23. The van der Waals surface area contributed by atoms with Crippen LogP contribution in [-0.4, -0.2) is 50.6 Å². The van der Waals surface area contributed by atoms with Crippen LogP contribution in [0.5, 0.6) is 11.5 Å². The van der Waals surface area contributed by atoms with Crippen molar-refractivity contribution in [2.24, 2.45) is 0 Å². The molecule has 0 fully saturated rings. The predicted octanol–water partition coefficient (Wildman–Crippen LogP) is 11.3. The summed E-state index contributed by atoms with van der Waals surface area (Å²) in [5.74, 6) is 1.05. The summed E-state index contributed by atoms with van der Waals surface area (Å²) in [7, 11) is 2.87. The Labute approximate surface area is 427 Å². The number of hydrogen-bond acceptors (Lipinski definition) is 10. The number of carbonyl (C=O) groups is 2. The quantitative estimate of drug-likeness (QED) is 0.0904. The van der Waals surface area contributed by atoms with Crippen molar-refractivity contribution in [3.63, 3.8) is 0 Å². The molecule has 2 amide bonds. The minimum absolute atomic E-state index is 0. The van der Waals surface area contributed by atoms with Crippen molar-refractivity contribution in [2.45, 2.75) is 53.0 Å². The molecule has 13 nitrogen and oxygen atoms in total. The Morgan fingerprint density at radius 1 is 0.563 bits per heavy atom. The summed E-state index contributed by atoms with van der Waals surface area (Å²) in [5.41, 5.74) is 15.0. The maximum absolute atomic E-state index is 12.4. The van der Waals surface area contributed by atoms with Gasteiger partial charge in [-0.1, -0.05) is 71.7 Å². The Morgan fingerprint density at radius 3 is 1.34 bits per heavy atom. The molecule has 0 saturated heterocycles. The number of ether oxygens (including phenoxy) is 2. The average molecular weight is 1030 g/mol. The van der Waals surface area contributed by atoms with E-state index in [0.717, 1.165) is 97.4 Å². The molecule has 10 rings (SSSR count). The van der Waals surface area contributed by atoms with Gasteiger partial charge >= 0.3 is 0 Å². The van der Waals surface area contributed by atoms with Crippen molar-refractivity contribution in [2.75, 3.05) is 14.2 Å². The van der Waals surface area contributed by atoms with E-state index in [1.807, 2.05) is 135 Å². The van der Waals surface area contributed by atoms with Crippen LogP contribution in [0.4, 0.5) is 0 Å². The number of para-hydroxylation sites is 2. The van der Waals surface area contributed by atoms with E-state index in [0.29, 0.717) is 36.3 Å². The Balaban J connectivity index is 0.000000188. The number of benzene rings is 6. The second-order valence-electron chi connectivity index (χ2n) is 16.5. The molecule has 10 aromatic rings. The van der Waals surface area contributed by atoms with E-state index in [1.165, 1.54) is 14.2 Å². The molecular formula is C54H50Cl2N6O7S2. The first-order valence-corrected chi connectivity index (χ1v) is 24.7. The number of halogens is 2. The van der Waals surface area contributed by atoms with E-state index >= 15 is 0 Å². The third-order valence-electron chi connectivity index (χ3n) is 11.9. The molecule has 0 bridgehead atoms. The van der Waals surface area contributed by atoms with Crippen LogP contribution in [0.15, 0.2) is 133 Å². The molecule has 4 heterocycles. The lowest BCUT2D eigenvalue weighted by atomic mass is 10.1. The van der Waals surface area contributed by atoms with Gasteiger partial charge in [0.15, 0.2) is 0 Å². The fraction of sp³-hybridized carbons (Fsp3) is 0.185. The number of rotatable bonds is 16. The van der Waals surface area contributed by atoms with E-state index in [9.17, 15) is 9.59 Å². The molecule has 0 atom stereocenters. The molecule has 4 N–H and O–H groups in total.